The van der Waals surface area contributed by atoms with E-state index in [4.69, 9.17) is 10.00 Å². The predicted molar refractivity (Wildman–Crippen MR) is 91.7 cm³/mol. The highest BCUT2D eigenvalue weighted by molar-refractivity contribution is 5.98. The lowest BCUT2D eigenvalue weighted by Gasteiger charge is -2.29. The highest BCUT2D eigenvalue weighted by Gasteiger charge is 2.41. The SMILES string of the molecule is N#Cc1c(C(F)(F)F)cc(C(F)(F)F)nc1NCC(=O)N1CCOc2c(F)cccc21. The van der Waals surface area contributed by atoms with Crippen molar-refractivity contribution >= 4 is 17.4 Å². The number of carbonyl (C=O) groups excluding carboxylic acids is 1. The number of halogens is 7. The number of amides is 1. The second kappa shape index (κ2) is 7.93. The highest BCUT2D eigenvalue weighted by atomic mass is 19.4. The molecule has 1 aliphatic rings. The summed E-state index contributed by atoms with van der Waals surface area (Å²) in [7, 11) is 0. The third-order valence-electron chi connectivity index (χ3n) is 4.23. The van der Waals surface area contributed by atoms with Gasteiger partial charge in [-0.15, -0.1) is 0 Å². The Kier molecular flexibility index (Phi) is 5.66. The van der Waals surface area contributed by atoms with Gasteiger partial charge >= 0.3 is 12.4 Å². The summed E-state index contributed by atoms with van der Waals surface area (Å²) in [6.07, 6.45) is -10.5. The number of carbonyl (C=O) groups is 1. The number of fused-ring (bicyclic) bond motifs is 1. The number of nitrogens with one attached hydrogen (secondary N) is 1. The molecule has 1 aliphatic heterocycles. The molecule has 0 saturated heterocycles. The van der Waals surface area contributed by atoms with E-state index in [2.05, 4.69) is 10.3 Å². The first-order valence-electron chi connectivity index (χ1n) is 8.48. The monoisotopic (exact) mass is 448 g/mol. The van der Waals surface area contributed by atoms with E-state index < -0.39 is 53.3 Å². The molecule has 2 aromatic rings. The molecule has 6 nitrogen and oxygen atoms in total. The van der Waals surface area contributed by atoms with E-state index in [1.54, 1.807) is 0 Å². The van der Waals surface area contributed by atoms with Crippen LogP contribution in [-0.2, 0) is 17.1 Å². The number of para-hydroxylation sites is 1. The van der Waals surface area contributed by atoms with E-state index in [-0.39, 0.29) is 30.7 Å². The van der Waals surface area contributed by atoms with Crippen LogP contribution in [0.4, 0.5) is 42.2 Å². The maximum atomic E-state index is 13.8. The zero-order valence-corrected chi connectivity index (χ0v) is 15.2. The van der Waals surface area contributed by atoms with E-state index in [9.17, 15) is 35.5 Å². The van der Waals surface area contributed by atoms with Crippen molar-refractivity contribution in [2.75, 3.05) is 29.9 Å². The summed E-state index contributed by atoms with van der Waals surface area (Å²) in [4.78, 5) is 16.6. The van der Waals surface area contributed by atoms with Gasteiger partial charge < -0.3 is 15.0 Å². The second-order valence-corrected chi connectivity index (χ2v) is 6.22. The zero-order valence-electron chi connectivity index (χ0n) is 15.2. The van der Waals surface area contributed by atoms with E-state index in [1.807, 2.05) is 0 Å². The van der Waals surface area contributed by atoms with Crippen molar-refractivity contribution in [3.8, 4) is 11.8 Å². The normalized spacial score (nSPS) is 13.8. The van der Waals surface area contributed by atoms with Crippen LogP contribution in [0.25, 0.3) is 0 Å². The Morgan fingerprint density at radius 1 is 1.23 bits per heavy atom. The molecule has 0 radical (unpaired) electrons. The van der Waals surface area contributed by atoms with Crippen molar-refractivity contribution < 1.29 is 40.3 Å². The Balaban J connectivity index is 1.93. The molecule has 1 amide bonds. The van der Waals surface area contributed by atoms with Crippen LogP contribution in [0.3, 0.4) is 0 Å². The fourth-order valence-electron chi connectivity index (χ4n) is 2.88. The standard InChI is InChI=1S/C18H11F7N4O2/c19-11-2-1-3-12-15(11)31-5-4-29(12)14(30)8-27-16-9(7-26)10(17(20,21)22)6-13(28-16)18(23,24)25/h1-3,6H,4-5,8H2,(H,27,28). The molecule has 0 fully saturated rings. The summed E-state index contributed by atoms with van der Waals surface area (Å²) >= 11 is 0. The molecule has 1 aromatic carbocycles. The van der Waals surface area contributed by atoms with Gasteiger partial charge in [-0.25, -0.2) is 9.37 Å². The second-order valence-electron chi connectivity index (χ2n) is 6.22. The molecular weight excluding hydrogens is 437 g/mol. The summed E-state index contributed by atoms with van der Waals surface area (Å²) in [6, 6.07) is 4.65. The predicted octanol–water partition coefficient (Wildman–Crippen LogP) is 3.97. The smallest absolute Gasteiger partial charge is 0.433 e. The van der Waals surface area contributed by atoms with Crippen LogP contribution in [0.2, 0.25) is 0 Å². The average molecular weight is 448 g/mol. The minimum absolute atomic E-state index is 0.0358. The first-order chi connectivity index (χ1) is 14.4. The topological polar surface area (TPSA) is 78.2 Å². The van der Waals surface area contributed by atoms with E-state index in [0.29, 0.717) is 0 Å². The van der Waals surface area contributed by atoms with Crippen molar-refractivity contribution in [3.63, 3.8) is 0 Å². The molecule has 0 unspecified atom stereocenters. The lowest BCUT2D eigenvalue weighted by molar-refractivity contribution is -0.145. The number of hydrogen-bond donors (Lipinski definition) is 1. The minimum Gasteiger partial charge on any atom is -0.486 e. The number of ether oxygens (including phenoxy) is 1. The highest BCUT2D eigenvalue weighted by Crippen LogP contribution is 2.39. The van der Waals surface area contributed by atoms with E-state index in [1.165, 1.54) is 18.2 Å². The fourth-order valence-corrected chi connectivity index (χ4v) is 2.88. The van der Waals surface area contributed by atoms with E-state index >= 15 is 0 Å². The molecule has 13 heteroatoms. The van der Waals surface area contributed by atoms with Crippen LogP contribution in [0.15, 0.2) is 24.3 Å². The molecule has 0 spiro atoms. The molecule has 0 bridgehead atoms. The summed E-state index contributed by atoms with van der Waals surface area (Å²) in [6.45, 7) is -0.925. The average Bonchev–Trinajstić information content (AvgIpc) is 2.69. The lowest BCUT2D eigenvalue weighted by Crippen LogP contribution is -2.41. The Morgan fingerprint density at radius 2 is 1.94 bits per heavy atom. The third kappa shape index (κ3) is 4.47. The molecule has 1 aromatic heterocycles. The Morgan fingerprint density at radius 3 is 2.55 bits per heavy atom. The number of anilines is 2. The van der Waals surface area contributed by atoms with E-state index in [0.717, 1.165) is 11.0 Å². The van der Waals surface area contributed by atoms with Crippen LogP contribution in [-0.4, -0.2) is 30.6 Å². The number of hydrogen-bond acceptors (Lipinski definition) is 5. The van der Waals surface area contributed by atoms with Gasteiger partial charge in [-0.05, 0) is 18.2 Å². The van der Waals surface area contributed by atoms with Gasteiger partial charge in [0.2, 0.25) is 5.91 Å². The van der Waals surface area contributed by atoms with Crippen LogP contribution in [0, 0.1) is 17.1 Å². The maximum absolute atomic E-state index is 13.8. The number of alkyl halides is 6. The van der Waals surface area contributed by atoms with Gasteiger partial charge in [0.05, 0.1) is 24.3 Å². The molecule has 0 atom stereocenters. The molecule has 0 saturated carbocycles. The number of aromatic nitrogens is 1. The van der Waals surface area contributed by atoms with Gasteiger partial charge in [-0.3, -0.25) is 4.79 Å². The molecule has 1 N–H and O–H groups in total. The van der Waals surface area contributed by atoms with Gasteiger partial charge in [-0.2, -0.15) is 31.6 Å². The number of pyridine rings is 1. The molecule has 0 aliphatic carbocycles. The maximum Gasteiger partial charge on any atom is 0.433 e. The van der Waals surface area contributed by atoms with Gasteiger partial charge in [0.25, 0.3) is 0 Å². The van der Waals surface area contributed by atoms with Crippen LogP contribution in [0.5, 0.6) is 5.75 Å². The van der Waals surface area contributed by atoms with Gasteiger partial charge in [0.15, 0.2) is 11.6 Å². The molecule has 31 heavy (non-hydrogen) atoms. The third-order valence-corrected chi connectivity index (χ3v) is 4.23. The summed E-state index contributed by atoms with van der Waals surface area (Å²) in [5, 5.41) is 11.1. The molecule has 164 valence electrons. The quantitative estimate of drug-likeness (QED) is 0.720. The van der Waals surface area contributed by atoms with Crippen LogP contribution in [0.1, 0.15) is 16.8 Å². The number of rotatable bonds is 3. The van der Waals surface area contributed by atoms with Crippen molar-refractivity contribution in [1.29, 1.82) is 5.26 Å². The summed E-state index contributed by atoms with van der Waals surface area (Å²) in [5.41, 5.74) is -4.87. The Hall–Kier alpha value is -3.56. The lowest BCUT2D eigenvalue weighted by atomic mass is 10.1. The number of nitriles is 1. The van der Waals surface area contributed by atoms with Crippen molar-refractivity contribution in [1.82, 2.24) is 4.98 Å². The van der Waals surface area contributed by atoms with Crippen LogP contribution < -0.4 is 15.0 Å². The summed E-state index contributed by atoms with van der Waals surface area (Å²) < 4.78 is 97.5. The van der Waals surface area contributed by atoms with Crippen molar-refractivity contribution in [2.24, 2.45) is 0 Å². The van der Waals surface area contributed by atoms with Gasteiger partial charge in [0, 0.05) is 0 Å². The first kappa shape index (κ1) is 22.1. The Labute approximate surface area is 169 Å². The summed E-state index contributed by atoms with van der Waals surface area (Å²) in [5.74, 6) is -2.82. The fraction of sp³-hybridized carbons (Fsp3) is 0.278. The zero-order chi connectivity index (χ0) is 23.0. The minimum atomic E-state index is -5.27. The van der Waals surface area contributed by atoms with Gasteiger partial charge in [-0.1, -0.05) is 6.07 Å². The Bertz CT molecular complexity index is 1060. The molecule has 2 heterocycles. The van der Waals surface area contributed by atoms with Crippen molar-refractivity contribution in [3.05, 3.63) is 46.9 Å². The first-order valence-corrected chi connectivity index (χ1v) is 8.48. The number of nitrogens with zero attached hydrogens (tertiary/aromatic N) is 3. The largest absolute Gasteiger partial charge is 0.486 e. The van der Waals surface area contributed by atoms with Crippen LogP contribution >= 0.6 is 0 Å². The number of benzene rings is 1. The van der Waals surface area contributed by atoms with Gasteiger partial charge in [0.1, 0.15) is 29.8 Å². The molecule has 3 rings (SSSR count). The van der Waals surface area contributed by atoms with Crippen molar-refractivity contribution in [2.45, 2.75) is 12.4 Å². The molecular formula is C18H11F7N4O2.